The van der Waals surface area contributed by atoms with Crippen molar-refractivity contribution in [1.82, 2.24) is 62.3 Å². The van der Waals surface area contributed by atoms with Crippen molar-refractivity contribution in [3.05, 3.63) is 94.6 Å². The second-order valence-electron chi connectivity index (χ2n) is 19.4. The molecule has 3 heterocycles. The van der Waals surface area contributed by atoms with Crippen LogP contribution in [0.4, 0.5) is 0 Å². The van der Waals surface area contributed by atoms with Crippen molar-refractivity contribution in [2.75, 3.05) is 27.2 Å². The molecule has 2 saturated heterocycles. The van der Waals surface area contributed by atoms with Crippen LogP contribution in [0, 0.1) is 24.7 Å². The van der Waals surface area contributed by atoms with E-state index in [0.29, 0.717) is 12.8 Å². The molecule has 10 atom stereocenters. The minimum Gasteiger partial charge on any atom is -0.347 e. The summed E-state index contributed by atoms with van der Waals surface area (Å²) in [7, 11) is 3.21. The fourth-order valence-corrected chi connectivity index (χ4v) is 10.2. The summed E-state index contributed by atoms with van der Waals surface area (Å²) in [6, 6.07) is 8.08. The molecule has 2 aromatic carbocycles. The number of likely N-dealkylation sites (N-methyl/N-ethyl adjacent to an activating group) is 2. The number of hydrogen-bond donors (Lipinski definition) is 8. The summed E-state index contributed by atoms with van der Waals surface area (Å²) in [6.45, 7) is 3.08. The molecule has 1 aromatic heterocycles. The van der Waals surface area contributed by atoms with Gasteiger partial charge in [0.25, 0.3) is 11.8 Å². The van der Waals surface area contributed by atoms with Gasteiger partial charge >= 0.3 is 0 Å². The first-order valence-corrected chi connectivity index (χ1v) is 25.3. The summed E-state index contributed by atoms with van der Waals surface area (Å²) in [6.07, 6.45) is 18.2. The number of hydrogen-bond acceptors (Lipinski definition) is 12. The highest BCUT2D eigenvalue weighted by atomic mass is 35.5. The number of nitrogens with one attached hydrogen (secondary N) is 8. The number of rotatable bonds is 18. The number of carbonyl (C=O) groups is 8. The van der Waals surface area contributed by atoms with Crippen LogP contribution in [0.3, 0.4) is 0 Å². The van der Waals surface area contributed by atoms with Crippen LogP contribution in [0.1, 0.15) is 121 Å². The standard InChI is InChI=1S/C54H66N12O8.2ClH/c1-7-15-41(63-47(67)31(3)55-5)53(73)65-29-35(25-45(65)51(71)61-39-23-13-19-33-17-9-11-21-37(33)39)59-49(69)43-27-58-44(28-57-43)50(70)60-36-26-46(52(72)62-40-24-14-20-34-18-10-12-22-38(34)40)66(30-36)54(74)42(16-8-2)64-48(68)32(4)56-6;;/h1-2,9-12,17-18,21-22,27-28,31-32,35-36,39-42,45-46,55-56H,13-16,19-20,23-26,29-30H2,3-6H3,(H,59,69)(H,60,70)(H,61,71)(H,62,72)(H,63,67)(H,64,68);2*1H/t31-,32-,35-,36-,39+,40+,41+,42+,45-,46?;;/m0../s1. The van der Waals surface area contributed by atoms with E-state index in [2.05, 4.69) is 64.3 Å². The van der Waals surface area contributed by atoms with E-state index in [9.17, 15) is 38.4 Å². The Morgan fingerprint density at radius 2 is 0.987 bits per heavy atom. The van der Waals surface area contributed by atoms with Gasteiger partial charge in [-0.25, -0.2) is 9.97 Å². The Morgan fingerprint density at radius 1 is 0.605 bits per heavy atom. The van der Waals surface area contributed by atoms with E-state index in [1.54, 1.807) is 27.9 Å². The lowest BCUT2D eigenvalue weighted by Gasteiger charge is -2.31. The Balaban J connectivity index is 0.00000533. The van der Waals surface area contributed by atoms with Gasteiger partial charge in [-0.1, -0.05) is 48.5 Å². The van der Waals surface area contributed by atoms with Crippen LogP contribution >= 0.6 is 24.8 Å². The maximum atomic E-state index is 14.2. The summed E-state index contributed by atoms with van der Waals surface area (Å²) >= 11 is 0. The predicted molar refractivity (Wildman–Crippen MR) is 288 cm³/mol. The number of aromatic nitrogens is 2. The molecule has 0 spiro atoms. The summed E-state index contributed by atoms with van der Waals surface area (Å²) in [5.41, 5.74) is 3.96. The fraction of sp³-hybridized carbons (Fsp3) is 0.481. The molecule has 2 fully saturated rings. The Hall–Kier alpha value is -7.10. The highest BCUT2D eigenvalue weighted by Crippen LogP contribution is 2.32. The van der Waals surface area contributed by atoms with Gasteiger partial charge in [-0.3, -0.25) is 38.4 Å². The number of carbonyl (C=O) groups excluding carboxylic acids is 8. The first kappa shape index (κ1) is 59.8. The molecule has 0 bridgehead atoms. The lowest BCUT2D eigenvalue weighted by atomic mass is 9.87. The van der Waals surface area contributed by atoms with Crippen LogP contribution in [-0.4, -0.2) is 143 Å². The molecule has 3 aromatic rings. The van der Waals surface area contributed by atoms with Crippen LogP contribution in [0.15, 0.2) is 60.9 Å². The minimum atomic E-state index is -1.14. The summed E-state index contributed by atoms with van der Waals surface area (Å²) < 4.78 is 0. The number of halogens is 2. The van der Waals surface area contributed by atoms with Crippen molar-refractivity contribution in [1.29, 1.82) is 0 Å². The van der Waals surface area contributed by atoms with Gasteiger partial charge in [0.2, 0.25) is 35.4 Å². The SMILES string of the molecule is C#CC[C@@H](NC(=O)[C@H](C)NC)C(=O)N1C[C@@H](NC(=O)c2cnc(C(=O)N[C@H]3C[C@@H](C(=O)N[C@@H]4CCCc5ccccc54)N(C(=O)[C@@H](CC#C)NC(=O)[C@H](C)NC)C3)cn2)CC1C(=O)N[C@@H]1CCCc2ccccc21.Cl.Cl. The van der Waals surface area contributed by atoms with Crippen LogP contribution < -0.4 is 42.5 Å². The van der Waals surface area contributed by atoms with Gasteiger partial charge in [0.1, 0.15) is 35.6 Å². The van der Waals surface area contributed by atoms with Crippen molar-refractivity contribution < 1.29 is 38.4 Å². The smallest absolute Gasteiger partial charge is 0.271 e. The summed E-state index contributed by atoms with van der Waals surface area (Å²) in [5.74, 6) is 0.626. The first-order valence-electron chi connectivity index (χ1n) is 25.3. The first-order chi connectivity index (χ1) is 35.6. The average molecular weight is 1080 g/mol. The number of nitrogens with zero attached hydrogens (tertiary/aromatic N) is 4. The van der Waals surface area contributed by atoms with Crippen LogP contribution in [0.25, 0.3) is 0 Å². The number of likely N-dealkylation sites (tertiary alicyclic amines) is 2. The zero-order valence-corrected chi connectivity index (χ0v) is 44.7. The molecule has 22 heteroatoms. The third-order valence-electron chi connectivity index (χ3n) is 14.5. The van der Waals surface area contributed by atoms with Crippen molar-refractivity contribution in [3.8, 4) is 24.7 Å². The van der Waals surface area contributed by atoms with Gasteiger partial charge in [0, 0.05) is 38.0 Å². The van der Waals surface area contributed by atoms with E-state index >= 15 is 0 Å². The normalized spacial score (nSPS) is 21.8. The highest BCUT2D eigenvalue weighted by Gasteiger charge is 2.45. The number of amides is 8. The molecule has 2 aliphatic heterocycles. The van der Waals surface area contributed by atoms with Gasteiger partial charge in [-0.15, -0.1) is 49.5 Å². The molecule has 76 heavy (non-hydrogen) atoms. The predicted octanol–water partition coefficient (Wildman–Crippen LogP) is 1.34. The molecule has 8 N–H and O–H groups in total. The molecule has 406 valence electrons. The van der Waals surface area contributed by atoms with Crippen LogP contribution in [0.5, 0.6) is 0 Å². The van der Waals surface area contributed by atoms with E-state index in [1.165, 1.54) is 9.80 Å². The number of terminal acetylenes is 2. The zero-order valence-electron chi connectivity index (χ0n) is 43.1. The lowest BCUT2D eigenvalue weighted by Crippen LogP contribution is -2.55. The average Bonchev–Trinajstić information content (AvgIpc) is 4.05. The maximum Gasteiger partial charge on any atom is 0.271 e. The molecule has 1 unspecified atom stereocenters. The van der Waals surface area contributed by atoms with E-state index in [0.717, 1.165) is 60.3 Å². The molecule has 20 nitrogen and oxygen atoms in total. The largest absolute Gasteiger partial charge is 0.347 e. The number of benzene rings is 2. The number of aryl methyl sites for hydroxylation is 2. The molecular weight excluding hydrogens is 1020 g/mol. The molecule has 4 aliphatic rings. The second-order valence-corrected chi connectivity index (χ2v) is 19.4. The van der Waals surface area contributed by atoms with Crippen molar-refractivity contribution in [2.45, 2.75) is 138 Å². The Bertz CT molecular complexity index is 2520. The van der Waals surface area contributed by atoms with Crippen LogP contribution in [0.2, 0.25) is 0 Å². The van der Waals surface area contributed by atoms with Gasteiger partial charge in [-0.05, 0) is 102 Å². The van der Waals surface area contributed by atoms with Gasteiger partial charge < -0.3 is 52.3 Å². The van der Waals surface area contributed by atoms with Crippen molar-refractivity contribution in [3.63, 3.8) is 0 Å². The zero-order chi connectivity index (χ0) is 53.1. The van der Waals surface area contributed by atoms with Crippen molar-refractivity contribution >= 4 is 72.1 Å². The molecular formula is C54H68Cl2N12O8. The minimum absolute atomic E-state index is 0. The number of fused-ring (bicyclic) bond motifs is 2. The quantitative estimate of drug-likeness (QED) is 0.0840. The summed E-state index contributed by atoms with van der Waals surface area (Å²) in [5, 5.41) is 23.1. The molecule has 0 radical (unpaired) electrons. The third-order valence-corrected chi connectivity index (χ3v) is 14.5. The summed E-state index contributed by atoms with van der Waals surface area (Å²) in [4.78, 5) is 121. The van der Waals surface area contributed by atoms with Gasteiger partial charge in [0.15, 0.2) is 0 Å². The fourth-order valence-electron chi connectivity index (χ4n) is 10.2. The third kappa shape index (κ3) is 14.2. The Kier molecular flexibility index (Phi) is 21.7. The molecule has 7 rings (SSSR count). The highest BCUT2D eigenvalue weighted by molar-refractivity contribution is 5.97. The molecule has 0 saturated carbocycles. The topological polar surface area (TPSA) is 265 Å². The van der Waals surface area contributed by atoms with Gasteiger partial charge in [-0.2, -0.15) is 0 Å². The van der Waals surface area contributed by atoms with E-state index in [1.807, 2.05) is 48.5 Å². The molecule has 8 amide bonds. The molecule has 2 aliphatic carbocycles. The van der Waals surface area contributed by atoms with E-state index in [4.69, 9.17) is 12.8 Å². The monoisotopic (exact) mass is 1080 g/mol. The van der Waals surface area contributed by atoms with Crippen molar-refractivity contribution in [2.24, 2.45) is 0 Å². The van der Waals surface area contributed by atoms with E-state index in [-0.39, 0.29) is 87.1 Å². The lowest BCUT2D eigenvalue weighted by molar-refractivity contribution is -0.141. The van der Waals surface area contributed by atoms with Gasteiger partial charge in [0.05, 0.1) is 36.6 Å². The van der Waals surface area contributed by atoms with E-state index < -0.39 is 95.6 Å². The second kappa shape index (κ2) is 27.6. The Labute approximate surface area is 455 Å². The maximum absolute atomic E-state index is 14.2. The van der Waals surface area contributed by atoms with Crippen LogP contribution in [-0.2, 0) is 41.6 Å². The Morgan fingerprint density at radius 3 is 1.34 bits per heavy atom.